The Morgan fingerprint density at radius 1 is 1.26 bits per heavy atom. The van der Waals surface area contributed by atoms with E-state index in [0.29, 0.717) is 13.0 Å². The van der Waals surface area contributed by atoms with Crippen LogP contribution in [0.5, 0.6) is 0 Å². The minimum Gasteiger partial charge on any atom is -0.480 e. The first-order valence-electron chi connectivity index (χ1n) is 9.01. The van der Waals surface area contributed by atoms with E-state index in [1.807, 2.05) is 49.3 Å². The highest BCUT2D eigenvalue weighted by Crippen LogP contribution is 2.37. The first kappa shape index (κ1) is 19.0. The van der Waals surface area contributed by atoms with Crippen LogP contribution in [0, 0.1) is 0 Å². The van der Waals surface area contributed by atoms with Crippen LogP contribution in [0.4, 0.5) is 11.4 Å². The fourth-order valence-corrected chi connectivity index (χ4v) is 3.70. The molecule has 0 aliphatic carbocycles. The Labute approximate surface area is 160 Å². The third kappa shape index (κ3) is 3.69. The molecule has 2 aromatic carbocycles. The number of ether oxygens (including phenoxy) is 1. The minimum absolute atomic E-state index is 0.0740. The van der Waals surface area contributed by atoms with Gasteiger partial charge in [-0.15, -0.1) is 0 Å². The average Bonchev–Trinajstić information content (AvgIpc) is 3.12. The Hall–Kier alpha value is -2.79. The molecular formula is C22H26N2O3. The summed E-state index contributed by atoms with van der Waals surface area (Å²) in [6.07, 6.45) is 2.27. The van der Waals surface area contributed by atoms with Crippen molar-refractivity contribution in [2.45, 2.75) is 18.6 Å². The van der Waals surface area contributed by atoms with E-state index in [4.69, 9.17) is 4.74 Å². The normalized spacial score (nSPS) is 19.1. The van der Waals surface area contributed by atoms with Crippen molar-refractivity contribution in [1.82, 2.24) is 0 Å². The summed E-state index contributed by atoms with van der Waals surface area (Å²) in [6, 6.07) is 13.7. The Morgan fingerprint density at radius 3 is 2.63 bits per heavy atom. The molecule has 0 bridgehead atoms. The van der Waals surface area contributed by atoms with Gasteiger partial charge in [-0.05, 0) is 23.3 Å². The van der Waals surface area contributed by atoms with Crippen molar-refractivity contribution in [3.05, 3.63) is 54.6 Å². The van der Waals surface area contributed by atoms with E-state index in [-0.39, 0.29) is 6.10 Å². The molecular weight excluding hydrogens is 340 g/mol. The highest BCUT2D eigenvalue weighted by atomic mass is 16.5. The second-order valence-electron chi connectivity index (χ2n) is 6.99. The van der Waals surface area contributed by atoms with E-state index in [0.717, 1.165) is 28.1 Å². The number of nitrogens with zero attached hydrogens (tertiary/aromatic N) is 2. The van der Waals surface area contributed by atoms with E-state index in [1.165, 1.54) is 0 Å². The van der Waals surface area contributed by atoms with Crippen LogP contribution in [0.25, 0.3) is 17.2 Å². The number of methoxy groups -OCH3 is 1. The van der Waals surface area contributed by atoms with Gasteiger partial charge < -0.3 is 19.6 Å². The molecule has 2 unspecified atom stereocenters. The molecule has 2 atom stereocenters. The van der Waals surface area contributed by atoms with E-state index >= 15 is 0 Å². The van der Waals surface area contributed by atoms with E-state index in [1.54, 1.807) is 7.11 Å². The lowest BCUT2D eigenvalue weighted by Crippen LogP contribution is -2.36. The number of hydrogen-bond donors (Lipinski definition) is 1. The molecule has 5 nitrogen and oxygen atoms in total. The molecule has 1 N–H and O–H groups in total. The summed E-state index contributed by atoms with van der Waals surface area (Å²) in [7, 11) is 5.62. The van der Waals surface area contributed by atoms with Gasteiger partial charge in [0, 0.05) is 51.1 Å². The molecule has 3 rings (SSSR count). The third-order valence-electron chi connectivity index (χ3n) is 5.15. The molecule has 5 heteroatoms. The van der Waals surface area contributed by atoms with E-state index in [2.05, 4.69) is 29.7 Å². The molecule has 0 amide bonds. The van der Waals surface area contributed by atoms with Crippen molar-refractivity contribution in [3.63, 3.8) is 0 Å². The Bertz CT molecular complexity index is 847. The van der Waals surface area contributed by atoms with Crippen molar-refractivity contribution in [1.29, 1.82) is 0 Å². The summed E-state index contributed by atoms with van der Waals surface area (Å²) in [5.41, 5.74) is 5.19. The molecule has 1 aliphatic rings. The molecule has 0 radical (unpaired) electrons. The summed E-state index contributed by atoms with van der Waals surface area (Å²) < 4.78 is 5.42. The molecule has 1 saturated heterocycles. The predicted molar refractivity (Wildman–Crippen MR) is 110 cm³/mol. The van der Waals surface area contributed by atoms with Crippen LogP contribution in [-0.4, -0.2) is 51.0 Å². The van der Waals surface area contributed by atoms with Crippen molar-refractivity contribution >= 4 is 23.4 Å². The number of carboxylic acids is 1. The number of carbonyl (C=O) groups is 1. The zero-order valence-corrected chi connectivity index (χ0v) is 16.1. The SMILES string of the molecule is C=Cc1ccccc1-c1ccc(N2CC(OC)CC2C(=O)O)cc1N(C)C. The summed E-state index contributed by atoms with van der Waals surface area (Å²) in [5, 5.41) is 9.62. The van der Waals surface area contributed by atoms with Crippen LogP contribution < -0.4 is 9.80 Å². The van der Waals surface area contributed by atoms with E-state index in [9.17, 15) is 9.90 Å². The second-order valence-corrected chi connectivity index (χ2v) is 6.99. The first-order chi connectivity index (χ1) is 13.0. The lowest BCUT2D eigenvalue weighted by Gasteiger charge is -2.27. The standard InChI is InChI=1S/C22H26N2O3/c1-5-15-8-6-7-9-18(15)19-11-10-16(12-20(19)23(2)3)24-14-17(27-4)13-21(24)22(25)26/h5-12,17,21H,1,13-14H2,2-4H3,(H,25,26). The Morgan fingerprint density at radius 2 is 2.00 bits per heavy atom. The number of benzene rings is 2. The van der Waals surface area contributed by atoms with Crippen LogP contribution in [0.1, 0.15) is 12.0 Å². The second kappa shape index (κ2) is 7.84. The zero-order valence-electron chi connectivity index (χ0n) is 16.1. The van der Waals surface area contributed by atoms with Crippen LogP contribution in [0.3, 0.4) is 0 Å². The van der Waals surface area contributed by atoms with Gasteiger partial charge in [-0.3, -0.25) is 0 Å². The predicted octanol–water partition coefficient (Wildman–Crippen LogP) is 3.74. The molecule has 0 saturated carbocycles. The number of anilines is 2. The monoisotopic (exact) mass is 366 g/mol. The molecule has 142 valence electrons. The third-order valence-corrected chi connectivity index (χ3v) is 5.15. The van der Waals surface area contributed by atoms with Crippen molar-refractivity contribution in [3.8, 4) is 11.1 Å². The zero-order chi connectivity index (χ0) is 19.6. The van der Waals surface area contributed by atoms with Gasteiger partial charge in [0.1, 0.15) is 6.04 Å². The van der Waals surface area contributed by atoms with Gasteiger partial charge in [-0.1, -0.05) is 43.0 Å². The molecule has 1 fully saturated rings. The van der Waals surface area contributed by atoms with Crippen LogP contribution in [0.15, 0.2) is 49.0 Å². The van der Waals surface area contributed by atoms with Gasteiger partial charge in [0.15, 0.2) is 0 Å². The van der Waals surface area contributed by atoms with Crippen LogP contribution in [-0.2, 0) is 9.53 Å². The lowest BCUT2D eigenvalue weighted by molar-refractivity contribution is -0.138. The number of rotatable bonds is 6. The smallest absolute Gasteiger partial charge is 0.326 e. The Balaban J connectivity index is 2.06. The summed E-state index contributed by atoms with van der Waals surface area (Å²) in [6.45, 7) is 4.49. The molecule has 2 aromatic rings. The van der Waals surface area contributed by atoms with E-state index < -0.39 is 12.0 Å². The van der Waals surface area contributed by atoms with Gasteiger partial charge in [-0.2, -0.15) is 0 Å². The maximum atomic E-state index is 11.7. The summed E-state index contributed by atoms with van der Waals surface area (Å²) in [5.74, 6) is -0.818. The van der Waals surface area contributed by atoms with Gasteiger partial charge >= 0.3 is 5.97 Å². The Kier molecular flexibility index (Phi) is 5.51. The van der Waals surface area contributed by atoms with Crippen molar-refractivity contribution in [2.24, 2.45) is 0 Å². The highest BCUT2D eigenvalue weighted by Gasteiger charge is 2.37. The fraction of sp³-hybridized carbons (Fsp3) is 0.318. The maximum Gasteiger partial charge on any atom is 0.326 e. The molecule has 1 aliphatic heterocycles. The average molecular weight is 366 g/mol. The van der Waals surface area contributed by atoms with Gasteiger partial charge in [0.2, 0.25) is 0 Å². The van der Waals surface area contributed by atoms with Gasteiger partial charge in [-0.25, -0.2) is 4.79 Å². The molecule has 0 aromatic heterocycles. The number of hydrogen-bond acceptors (Lipinski definition) is 4. The first-order valence-corrected chi connectivity index (χ1v) is 9.01. The van der Waals surface area contributed by atoms with Gasteiger partial charge in [0.05, 0.1) is 6.10 Å². The molecule has 1 heterocycles. The molecule has 27 heavy (non-hydrogen) atoms. The molecule has 0 spiro atoms. The van der Waals surface area contributed by atoms with Crippen molar-refractivity contribution in [2.75, 3.05) is 37.5 Å². The number of aliphatic carboxylic acids is 1. The quantitative estimate of drug-likeness (QED) is 0.844. The minimum atomic E-state index is -0.818. The highest BCUT2D eigenvalue weighted by molar-refractivity contribution is 5.87. The maximum absolute atomic E-state index is 11.7. The largest absolute Gasteiger partial charge is 0.480 e. The topological polar surface area (TPSA) is 53.0 Å². The van der Waals surface area contributed by atoms with Crippen LogP contribution in [0.2, 0.25) is 0 Å². The van der Waals surface area contributed by atoms with Crippen molar-refractivity contribution < 1.29 is 14.6 Å². The van der Waals surface area contributed by atoms with Gasteiger partial charge in [0.25, 0.3) is 0 Å². The lowest BCUT2D eigenvalue weighted by atomic mass is 9.97. The summed E-state index contributed by atoms with van der Waals surface area (Å²) >= 11 is 0. The fourth-order valence-electron chi connectivity index (χ4n) is 3.70. The summed E-state index contributed by atoms with van der Waals surface area (Å²) in [4.78, 5) is 15.7. The number of carboxylic acid groups (broad SMARTS) is 1. The van der Waals surface area contributed by atoms with Crippen LogP contribution >= 0.6 is 0 Å².